The second-order valence-electron chi connectivity index (χ2n) is 7.11. The first-order valence-corrected chi connectivity index (χ1v) is 11.4. The minimum absolute atomic E-state index is 0.0976. The summed E-state index contributed by atoms with van der Waals surface area (Å²) in [5, 5.41) is 2.72. The number of benzene rings is 2. The number of hydrogen-bond acceptors (Lipinski definition) is 8. The average molecular weight is 474 g/mol. The smallest absolute Gasteiger partial charge is 0.329 e. The first-order chi connectivity index (χ1) is 15.8. The molecule has 33 heavy (non-hydrogen) atoms. The Labute approximate surface area is 197 Å². The number of aryl methyl sites for hydroxylation is 1. The molecule has 0 saturated carbocycles. The van der Waals surface area contributed by atoms with Crippen molar-refractivity contribution in [3.05, 3.63) is 59.7 Å². The average Bonchev–Trinajstić information content (AvgIpc) is 2.78. The lowest BCUT2D eigenvalue weighted by Crippen LogP contribution is -2.43. The number of thioether (sulfide) groups is 1. The number of carbonyl (C=O) groups is 4. The van der Waals surface area contributed by atoms with Gasteiger partial charge in [-0.3, -0.25) is 14.4 Å². The van der Waals surface area contributed by atoms with Crippen molar-refractivity contribution in [2.24, 2.45) is 0 Å². The van der Waals surface area contributed by atoms with Gasteiger partial charge in [-0.2, -0.15) is 11.8 Å². The van der Waals surface area contributed by atoms with Gasteiger partial charge in [0.2, 0.25) is 5.91 Å². The van der Waals surface area contributed by atoms with E-state index < -0.39 is 23.9 Å². The molecule has 0 unspecified atom stereocenters. The molecular weight excluding hydrogens is 446 g/mol. The van der Waals surface area contributed by atoms with Crippen LogP contribution in [0.15, 0.2) is 48.5 Å². The molecule has 0 aliphatic rings. The fraction of sp³-hybridized carbons (Fsp3) is 0.333. The van der Waals surface area contributed by atoms with Crippen molar-refractivity contribution in [2.45, 2.75) is 38.5 Å². The van der Waals surface area contributed by atoms with Crippen LogP contribution in [0.4, 0.5) is 0 Å². The molecule has 0 aromatic heterocycles. The first kappa shape index (κ1) is 25.9. The van der Waals surface area contributed by atoms with Crippen molar-refractivity contribution in [3.8, 4) is 11.5 Å². The molecule has 0 aliphatic heterocycles. The predicted molar refractivity (Wildman–Crippen MR) is 124 cm³/mol. The number of rotatable bonds is 11. The van der Waals surface area contributed by atoms with Gasteiger partial charge in [0, 0.05) is 31.8 Å². The van der Waals surface area contributed by atoms with E-state index in [9.17, 15) is 19.2 Å². The summed E-state index contributed by atoms with van der Waals surface area (Å²) in [5.74, 6) is -0.636. The van der Waals surface area contributed by atoms with Crippen LogP contribution >= 0.6 is 11.8 Å². The van der Waals surface area contributed by atoms with Gasteiger partial charge >= 0.3 is 17.9 Å². The van der Waals surface area contributed by atoms with Crippen molar-refractivity contribution in [2.75, 3.05) is 12.9 Å². The first-order valence-electron chi connectivity index (χ1n) is 10.3. The van der Waals surface area contributed by atoms with Gasteiger partial charge in [0.15, 0.2) is 11.5 Å². The molecule has 2 aromatic rings. The highest BCUT2D eigenvalue weighted by atomic mass is 32.2. The Morgan fingerprint density at radius 3 is 2.21 bits per heavy atom. The fourth-order valence-corrected chi connectivity index (χ4v) is 3.89. The lowest BCUT2D eigenvalue weighted by Gasteiger charge is -2.16. The van der Waals surface area contributed by atoms with Gasteiger partial charge in [0.25, 0.3) is 0 Å². The fourth-order valence-electron chi connectivity index (χ4n) is 2.89. The van der Waals surface area contributed by atoms with Crippen LogP contribution < -0.4 is 14.8 Å². The van der Waals surface area contributed by atoms with E-state index in [1.54, 1.807) is 12.1 Å². The molecule has 1 N–H and O–H groups in total. The van der Waals surface area contributed by atoms with E-state index >= 15 is 0 Å². The quantitative estimate of drug-likeness (QED) is 0.392. The summed E-state index contributed by atoms with van der Waals surface area (Å²) in [4.78, 5) is 47.1. The minimum Gasteiger partial charge on any atom is -0.467 e. The number of carbonyl (C=O) groups excluding carboxylic acids is 4. The lowest BCUT2D eigenvalue weighted by molar-refractivity contribution is -0.144. The van der Waals surface area contributed by atoms with Crippen LogP contribution in [0.2, 0.25) is 0 Å². The summed E-state index contributed by atoms with van der Waals surface area (Å²) in [5.41, 5.74) is 1.82. The second-order valence-corrected chi connectivity index (χ2v) is 8.14. The molecule has 0 heterocycles. The summed E-state index contributed by atoms with van der Waals surface area (Å²) in [6, 6.07) is 13.8. The van der Waals surface area contributed by atoms with Crippen LogP contribution in [0.5, 0.6) is 11.5 Å². The van der Waals surface area contributed by atoms with E-state index in [0.29, 0.717) is 23.5 Å². The molecule has 0 bridgehead atoms. The van der Waals surface area contributed by atoms with Crippen molar-refractivity contribution in [1.82, 2.24) is 5.32 Å². The molecule has 9 heteroatoms. The number of esters is 3. The van der Waals surface area contributed by atoms with E-state index in [0.717, 1.165) is 5.56 Å². The number of amides is 1. The summed E-state index contributed by atoms with van der Waals surface area (Å²) < 4.78 is 15.0. The van der Waals surface area contributed by atoms with Gasteiger partial charge in [0.1, 0.15) is 6.04 Å². The maximum absolute atomic E-state index is 12.5. The maximum atomic E-state index is 12.5. The van der Waals surface area contributed by atoms with Gasteiger partial charge in [-0.25, -0.2) is 4.79 Å². The Balaban J connectivity index is 1.94. The molecule has 2 rings (SSSR count). The molecule has 0 saturated heterocycles. The van der Waals surface area contributed by atoms with E-state index in [2.05, 4.69) is 5.32 Å². The van der Waals surface area contributed by atoms with Crippen LogP contribution in [0, 0.1) is 0 Å². The highest BCUT2D eigenvalue weighted by Crippen LogP contribution is 2.29. The van der Waals surface area contributed by atoms with E-state index in [4.69, 9.17) is 14.2 Å². The molecular formula is C24H27NO7S. The molecule has 0 aliphatic carbocycles. The zero-order valence-corrected chi connectivity index (χ0v) is 19.6. The number of ether oxygens (including phenoxy) is 3. The molecule has 176 valence electrons. The molecule has 0 radical (unpaired) electrons. The number of methoxy groups -OCH3 is 1. The van der Waals surface area contributed by atoms with Crippen molar-refractivity contribution < 1.29 is 33.4 Å². The van der Waals surface area contributed by atoms with Crippen molar-refractivity contribution >= 4 is 35.6 Å². The van der Waals surface area contributed by atoms with Crippen molar-refractivity contribution in [3.63, 3.8) is 0 Å². The Hall–Kier alpha value is -3.33. The molecule has 1 amide bonds. The minimum atomic E-state index is -0.765. The molecule has 2 aromatic carbocycles. The number of hydrogen-bond donors (Lipinski definition) is 1. The third-order valence-corrected chi connectivity index (χ3v) is 5.48. The van der Waals surface area contributed by atoms with Gasteiger partial charge in [-0.15, -0.1) is 0 Å². The second kappa shape index (κ2) is 13.3. The highest BCUT2D eigenvalue weighted by molar-refractivity contribution is 7.98. The summed E-state index contributed by atoms with van der Waals surface area (Å²) >= 11 is 1.52. The van der Waals surface area contributed by atoms with Crippen LogP contribution in [0.25, 0.3) is 0 Å². The standard InChI is InChI=1S/C24H27NO7S/c1-16(26)31-21-11-9-18(13-22(21)32-17(2)27)10-12-23(28)25-20(24(29)30-3)15-33-14-19-7-5-4-6-8-19/h4-9,11,13,20H,10,12,14-15H2,1-3H3,(H,25,28)/t20-/m0/s1. The lowest BCUT2D eigenvalue weighted by atomic mass is 10.1. The van der Waals surface area contributed by atoms with Gasteiger partial charge in [-0.05, 0) is 29.7 Å². The topological polar surface area (TPSA) is 108 Å². The van der Waals surface area contributed by atoms with Crippen LogP contribution in [0.3, 0.4) is 0 Å². The Kier molecular flexibility index (Phi) is 10.4. The molecule has 1 atom stereocenters. The highest BCUT2D eigenvalue weighted by Gasteiger charge is 2.21. The largest absolute Gasteiger partial charge is 0.467 e. The zero-order chi connectivity index (χ0) is 24.2. The van der Waals surface area contributed by atoms with Gasteiger partial charge in [-0.1, -0.05) is 36.4 Å². The Bertz CT molecular complexity index is 978. The summed E-state index contributed by atoms with van der Waals surface area (Å²) in [6.07, 6.45) is 0.425. The van der Waals surface area contributed by atoms with Crippen LogP contribution in [-0.4, -0.2) is 42.7 Å². The van der Waals surface area contributed by atoms with Gasteiger partial charge < -0.3 is 19.5 Å². The SMILES string of the molecule is COC(=O)[C@H](CSCc1ccccc1)NC(=O)CCc1ccc(OC(C)=O)c(OC(C)=O)c1. The monoisotopic (exact) mass is 473 g/mol. The maximum Gasteiger partial charge on any atom is 0.329 e. The Morgan fingerprint density at radius 2 is 1.58 bits per heavy atom. The van der Waals surface area contributed by atoms with Gasteiger partial charge in [0.05, 0.1) is 7.11 Å². The third-order valence-electron chi connectivity index (χ3n) is 4.37. The summed E-state index contributed by atoms with van der Waals surface area (Å²) in [7, 11) is 1.28. The van der Waals surface area contributed by atoms with E-state index in [1.165, 1.54) is 38.8 Å². The van der Waals surface area contributed by atoms with Crippen molar-refractivity contribution in [1.29, 1.82) is 0 Å². The third kappa shape index (κ3) is 9.36. The van der Waals surface area contributed by atoms with E-state index in [-0.39, 0.29) is 23.8 Å². The molecule has 0 fully saturated rings. The van der Waals surface area contributed by atoms with Crippen LogP contribution in [-0.2, 0) is 36.1 Å². The van der Waals surface area contributed by atoms with E-state index in [1.807, 2.05) is 30.3 Å². The number of nitrogens with one attached hydrogen (secondary N) is 1. The Morgan fingerprint density at radius 1 is 0.909 bits per heavy atom. The zero-order valence-electron chi connectivity index (χ0n) is 18.8. The summed E-state index contributed by atoms with van der Waals surface area (Å²) in [6.45, 7) is 2.48. The van der Waals surface area contributed by atoms with Crippen LogP contribution in [0.1, 0.15) is 31.4 Å². The molecule has 0 spiro atoms. The molecule has 8 nitrogen and oxygen atoms in total. The normalized spacial score (nSPS) is 11.2. The predicted octanol–water partition coefficient (Wildman–Crippen LogP) is 3.06.